The molecule has 0 aromatic carbocycles. The van der Waals surface area contributed by atoms with Crippen molar-refractivity contribution in [2.75, 3.05) is 23.3 Å². The summed E-state index contributed by atoms with van der Waals surface area (Å²) in [6.45, 7) is 6.85. The molecule has 1 amide bonds. The van der Waals surface area contributed by atoms with Gasteiger partial charge in [0.05, 0.1) is 46.8 Å². The lowest BCUT2D eigenvalue weighted by atomic mass is 9.90. The molecule has 9 nitrogen and oxygen atoms in total. The average molecular weight is 480 g/mol. The van der Waals surface area contributed by atoms with Crippen LogP contribution in [-0.4, -0.2) is 46.2 Å². The van der Waals surface area contributed by atoms with Gasteiger partial charge < -0.3 is 15.0 Å². The average Bonchev–Trinajstić information content (AvgIpc) is 2.89. The number of anilines is 2. The fourth-order valence-corrected chi connectivity index (χ4v) is 4.54. The van der Waals surface area contributed by atoms with E-state index in [0.29, 0.717) is 28.3 Å². The fraction of sp³-hybridized carbons (Fsp3) is 0.333. The van der Waals surface area contributed by atoms with E-state index in [1.807, 2.05) is 19.1 Å². The smallest absolute Gasteiger partial charge is 0.255 e. The van der Waals surface area contributed by atoms with Crippen molar-refractivity contribution in [3.05, 3.63) is 65.4 Å². The first-order chi connectivity index (χ1) is 17.3. The molecule has 6 rings (SSSR count). The Morgan fingerprint density at radius 3 is 2.58 bits per heavy atom. The van der Waals surface area contributed by atoms with Crippen LogP contribution in [0.2, 0.25) is 0 Å². The van der Waals surface area contributed by atoms with Crippen molar-refractivity contribution in [2.24, 2.45) is 0 Å². The Labute approximate surface area is 209 Å². The lowest BCUT2D eigenvalue weighted by molar-refractivity contribution is -0.133. The van der Waals surface area contributed by atoms with E-state index in [1.54, 1.807) is 38.4 Å². The molecule has 3 fully saturated rings. The van der Waals surface area contributed by atoms with Gasteiger partial charge in [0.1, 0.15) is 11.9 Å². The van der Waals surface area contributed by atoms with Crippen LogP contribution in [0.3, 0.4) is 0 Å². The van der Waals surface area contributed by atoms with Crippen LogP contribution in [0.5, 0.6) is 0 Å². The number of carbonyl (C=O) groups excluding carboxylic acids is 1. The number of pyridine rings is 3. The second-order valence-corrected chi connectivity index (χ2v) is 9.71. The highest BCUT2D eigenvalue weighted by molar-refractivity contribution is 6.04. The number of hydrogen-bond donors (Lipinski definition) is 1. The van der Waals surface area contributed by atoms with Gasteiger partial charge in [0.25, 0.3) is 5.91 Å². The summed E-state index contributed by atoms with van der Waals surface area (Å²) in [5, 5.41) is 22.1. The van der Waals surface area contributed by atoms with Gasteiger partial charge >= 0.3 is 0 Å². The van der Waals surface area contributed by atoms with Gasteiger partial charge in [0.2, 0.25) is 0 Å². The Balaban J connectivity index is 1.39. The van der Waals surface area contributed by atoms with Crippen molar-refractivity contribution in [3.63, 3.8) is 0 Å². The van der Waals surface area contributed by atoms with Crippen LogP contribution in [0.1, 0.15) is 47.6 Å². The summed E-state index contributed by atoms with van der Waals surface area (Å²) in [5.41, 5.74) is 3.38. The summed E-state index contributed by atoms with van der Waals surface area (Å²) >= 11 is 0. The number of amides is 1. The number of carbonyl (C=O) groups is 1. The first-order valence-corrected chi connectivity index (χ1v) is 11.7. The number of aromatic nitrogens is 3. The third kappa shape index (κ3) is 4.37. The van der Waals surface area contributed by atoms with Crippen molar-refractivity contribution < 1.29 is 9.53 Å². The SMILES string of the molecule is Cc1ncc(NC(=O)c2ccnc(C(C)(C)C#N)c2)cc1-c1cnc(N2C[C@H]3C[C@@H](C2)O3)c(C#N)c1. The van der Waals surface area contributed by atoms with E-state index in [2.05, 4.69) is 37.3 Å². The number of nitrogens with one attached hydrogen (secondary N) is 1. The van der Waals surface area contributed by atoms with Crippen LogP contribution >= 0.6 is 0 Å². The number of aryl methyl sites for hydroxylation is 1. The van der Waals surface area contributed by atoms with Crippen LogP contribution in [-0.2, 0) is 10.2 Å². The third-order valence-corrected chi connectivity index (χ3v) is 6.64. The molecule has 3 saturated heterocycles. The zero-order valence-electron chi connectivity index (χ0n) is 20.3. The van der Waals surface area contributed by atoms with Gasteiger partial charge in [-0.2, -0.15) is 10.5 Å². The fourth-order valence-electron chi connectivity index (χ4n) is 4.54. The topological polar surface area (TPSA) is 128 Å². The lowest BCUT2D eigenvalue weighted by Gasteiger charge is -2.47. The minimum atomic E-state index is -0.811. The standard InChI is InChI=1S/C27H25N7O2/c1-16-23(19-6-18(10-28)25(32-11-19)34-13-21-9-22(14-34)36-21)8-20(12-31-16)33-26(35)17-4-5-30-24(7-17)27(2,3)15-29/h4-8,11-12,21-22H,9,13-14H2,1-3H3,(H,33,35)/t21-,22+. The summed E-state index contributed by atoms with van der Waals surface area (Å²) in [5.74, 6) is 0.337. The molecule has 6 heterocycles. The van der Waals surface area contributed by atoms with Crippen LogP contribution in [0.4, 0.5) is 11.5 Å². The lowest BCUT2D eigenvalue weighted by Crippen LogP contribution is -2.57. The maximum absolute atomic E-state index is 12.9. The molecule has 0 aliphatic carbocycles. The van der Waals surface area contributed by atoms with Crippen molar-refractivity contribution in [1.82, 2.24) is 15.0 Å². The Bertz CT molecular complexity index is 1420. The maximum atomic E-state index is 12.9. The Hall–Kier alpha value is -4.34. The highest BCUT2D eigenvalue weighted by Gasteiger charge is 2.39. The quantitative estimate of drug-likeness (QED) is 0.586. The molecule has 2 bridgehead atoms. The molecule has 3 aliphatic heterocycles. The number of rotatable bonds is 5. The molecular formula is C27H25N7O2. The first kappa shape index (κ1) is 23.4. The molecule has 0 saturated carbocycles. The second kappa shape index (κ2) is 9.03. The van der Waals surface area contributed by atoms with Crippen LogP contribution < -0.4 is 10.2 Å². The summed E-state index contributed by atoms with van der Waals surface area (Å²) in [7, 11) is 0. The molecule has 3 aliphatic rings. The minimum Gasteiger partial charge on any atom is -0.371 e. The highest BCUT2D eigenvalue weighted by atomic mass is 16.5. The van der Waals surface area contributed by atoms with Crippen molar-refractivity contribution in [3.8, 4) is 23.3 Å². The zero-order valence-corrected chi connectivity index (χ0v) is 20.3. The number of fused-ring (bicyclic) bond motifs is 2. The van der Waals surface area contributed by atoms with Gasteiger partial charge in [-0.1, -0.05) is 0 Å². The highest BCUT2D eigenvalue weighted by Crippen LogP contribution is 2.34. The number of nitriles is 2. The number of morpholine rings is 1. The monoisotopic (exact) mass is 479 g/mol. The molecule has 2 atom stereocenters. The van der Waals surface area contributed by atoms with E-state index in [1.165, 1.54) is 6.20 Å². The molecule has 0 radical (unpaired) electrons. The third-order valence-electron chi connectivity index (χ3n) is 6.64. The Kier molecular flexibility index (Phi) is 5.87. The molecule has 3 aromatic rings. The second-order valence-electron chi connectivity index (χ2n) is 9.71. The maximum Gasteiger partial charge on any atom is 0.255 e. The number of piperidine rings is 1. The van der Waals surface area contributed by atoms with Crippen molar-refractivity contribution in [2.45, 2.75) is 44.8 Å². The van der Waals surface area contributed by atoms with Crippen molar-refractivity contribution in [1.29, 1.82) is 10.5 Å². The van der Waals surface area contributed by atoms with E-state index >= 15 is 0 Å². The number of hydrogen-bond acceptors (Lipinski definition) is 8. The van der Waals surface area contributed by atoms with Gasteiger partial charge in [0.15, 0.2) is 0 Å². The predicted molar refractivity (Wildman–Crippen MR) is 133 cm³/mol. The largest absolute Gasteiger partial charge is 0.371 e. The number of ether oxygens (including phenoxy) is 1. The first-order valence-electron chi connectivity index (χ1n) is 11.7. The summed E-state index contributed by atoms with van der Waals surface area (Å²) < 4.78 is 5.70. The van der Waals surface area contributed by atoms with E-state index in [9.17, 15) is 15.3 Å². The molecule has 36 heavy (non-hydrogen) atoms. The molecule has 0 unspecified atom stereocenters. The minimum absolute atomic E-state index is 0.214. The normalized spacial score (nSPS) is 18.5. The molecular weight excluding hydrogens is 454 g/mol. The summed E-state index contributed by atoms with van der Waals surface area (Å²) in [6, 6.07) is 11.3. The summed E-state index contributed by atoms with van der Waals surface area (Å²) in [6.07, 6.45) is 6.35. The van der Waals surface area contributed by atoms with Crippen molar-refractivity contribution >= 4 is 17.4 Å². The number of nitrogens with zero attached hydrogens (tertiary/aromatic N) is 6. The van der Waals surface area contributed by atoms with Gasteiger partial charge in [-0.3, -0.25) is 14.8 Å². The van der Waals surface area contributed by atoms with E-state index < -0.39 is 5.41 Å². The Morgan fingerprint density at radius 1 is 1.14 bits per heavy atom. The van der Waals surface area contributed by atoms with E-state index in [4.69, 9.17) is 4.74 Å². The van der Waals surface area contributed by atoms with Gasteiger partial charge in [0, 0.05) is 54.3 Å². The van der Waals surface area contributed by atoms with Gasteiger partial charge in [-0.05, 0) is 45.0 Å². The Morgan fingerprint density at radius 2 is 1.89 bits per heavy atom. The summed E-state index contributed by atoms with van der Waals surface area (Å²) in [4.78, 5) is 28.4. The molecule has 3 aromatic heterocycles. The molecule has 180 valence electrons. The van der Waals surface area contributed by atoms with E-state index in [-0.39, 0.29) is 18.1 Å². The zero-order chi connectivity index (χ0) is 25.4. The van der Waals surface area contributed by atoms with Gasteiger partial charge in [-0.25, -0.2) is 4.98 Å². The molecule has 1 N–H and O–H groups in total. The predicted octanol–water partition coefficient (Wildman–Crippen LogP) is 3.75. The van der Waals surface area contributed by atoms with E-state index in [0.717, 1.165) is 36.3 Å². The molecule has 9 heteroatoms. The van der Waals surface area contributed by atoms with Crippen LogP contribution in [0.15, 0.2) is 42.9 Å². The molecule has 0 spiro atoms. The van der Waals surface area contributed by atoms with Crippen LogP contribution in [0, 0.1) is 29.6 Å². The van der Waals surface area contributed by atoms with Gasteiger partial charge in [-0.15, -0.1) is 0 Å². The van der Waals surface area contributed by atoms with Crippen LogP contribution in [0.25, 0.3) is 11.1 Å².